The molecule has 80 valence electrons. The minimum atomic E-state index is 0.376. The lowest BCUT2D eigenvalue weighted by molar-refractivity contribution is -0.134. The van der Waals surface area contributed by atoms with Crippen LogP contribution in [-0.4, -0.2) is 24.4 Å². The van der Waals surface area contributed by atoms with Gasteiger partial charge in [-0.3, -0.25) is 4.79 Å². The normalized spacial score (nSPS) is 34.0. The van der Waals surface area contributed by atoms with Crippen LogP contribution in [0, 0.1) is 17.8 Å². The lowest BCUT2D eigenvalue weighted by Gasteiger charge is -2.21. The van der Waals surface area contributed by atoms with Gasteiger partial charge in [0.25, 0.3) is 0 Å². The van der Waals surface area contributed by atoms with Gasteiger partial charge in [-0.15, -0.1) is 0 Å². The van der Waals surface area contributed by atoms with Crippen LogP contribution in [0.1, 0.15) is 39.0 Å². The van der Waals surface area contributed by atoms with Gasteiger partial charge in [0.15, 0.2) is 0 Å². The first-order valence-corrected chi connectivity index (χ1v) is 5.97. The molecule has 0 heterocycles. The first-order valence-electron chi connectivity index (χ1n) is 5.97. The maximum atomic E-state index is 11.9. The molecule has 0 saturated heterocycles. The Morgan fingerprint density at radius 1 is 1.29 bits per heavy atom. The summed E-state index contributed by atoms with van der Waals surface area (Å²) >= 11 is 0. The highest BCUT2D eigenvalue weighted by Crippen LogP contribution is 2.54. The SMILES string of the molecule is CCCCN(C)C(=O)C1CC2CC2C1. The molecule has 2 saturated carbocycles. The molecule has 2 heteroatoms. The van der Waals surface area contributed by atoms with Crippen molar-refractivity contribution in [2.75, 3.05) is 13.6 Å². The zero-order valence-electron chi connectivity index (χ0n) is 9.33. The molecule has 0 N–H and O–H groups in total. The molecule has 0 bridgehead atoms. The second-order valence-electron chi connectivity index (χ2n) is 5.04. The number of carbonyl (C=O) groups excluding carboxylic acids is 1. The van der Waals surface area contributed by atoms with Crippen molar-refractivity contribution in [1.29, 1.82) is 0 Å². The van der Waals surface area contributed by atoms with Crippen LogP contribution >= 0.6 is 0 Å². The molecule has 2 atom stereocenters. The van der Waals surface area contributed by atoms with E-state index in [1.165, 1.54) is 25.7 Å². The van der Waals surface area contributed by atoms with Gasteiger partial charge < -0.3 is 4.90 Å². The van der Waals surface area contributed by atoms with Crippen LogP contribution in [0.25, 0.3) is 0 Å². The lowest BCUT2D eigenvalue weighted by Crippen LogP contribution is -2.33. The van der Waals surface area contributed by atoms with Crippen molar-refractivity contribution in [3.8, 4) is 0 Å². The van der Waals surface area contributed by atoms with Crippen molar-refractivity contribution >= 4 is 5.91 Å². The summed E-state index contributed by atoms with van der Waals surface area (Å²) < 4.78 is 0. The van der Waals surface area contributed by atoms with Gasteiger partial charge in [0, 0.05) is 19.5 Å². The van der Waals surface area contributed by atoms with Gasteiger partial charge in [-0.2, -0.15) is 0 Å². The number of fused-ring (bicyclic) bond motifs is 1. The Kier molecular flexibility index (Phi) is 2.80. The molecule has 0 aromatic carbocycles. The third-order valence-corrected chi connectivity index (χ3v) is 3.82. The second-order valence-corrected chi connectivity index (χ2v) is 5.04. The van der Waals surface area contributed by atoms with Crippen molar-refractivity contribution < 1.29 is 4.79 Å². The summed E-state index contributed by atoms with van der Waals surface area (Å²) in [6.07, 6.45) is 6.08. The standard InChI is InChI=1S/C12H21NO/c1-3-4-5-13(2)12(14)11-7-9-6-10(9)8-11/h9-11H,3-8H2,1-2H3. The molecule has 2 unspecified atom stereocenters. The largest absolute Gasteiger partial charge is 0.346 e. The Bertz CT molecular complexity index is 216. The van der Waals surface area contributed by atoms with Gasteiger partial charge in [0.05, 0.1) is 0 Å². The van der Waals surface area contributed by atoms with Crippen LogP contribution in [0.2, 0.25) is 0 Å². The van der Waals surface area contributed by atoms with E-state index in [1.54, 1.807) is 0 Å². The Labute approximate surface area is 86.7 Å². The van der Waals surface area contributed by atoms with Crippen molar-refractivity contribution in [1.82, 2.24) is 4.90 Å². The average Bonchev–Trinajstić information content (AvgIpc) is 2.81. The molecule has 0 aliphatic heterocycles. The molecule has 1 amide bonds. The molecule has 0 spiro atoms. The monoisotopic (exact) mass is 195 g/mol. The van der Waals surface area contributed by atoms with Crippen LogP contribution in [0.15, 0.2) is 0 Å². The minimum absolute atomic E-state index is 0.376. The van der Waals surface area contributed by atoms with Gasteiger partial charge in [-0.05, 0) is 37.5 Å². The van der Waals surface area contributed by atoms with Crippen molar-refractivity contribution in [3.05, 3.63) is 0 Å². The van der Waals surface area contributed by atoms with Gasteiger partial charge in [0.1, 0.15) is 0 Å². The summed E-state index contributed by atoms with van der Waals surface area (Å²) in [5.74, 6) is 2.62. The van der Waals surface area contributed by atoms with Gasteiger partial charge >= 0.3 is 0 Å². The fraction of sp³-hybridized carbons (Fsp3) is 0.917. The Morgan fingerprint density at radius 2 is 1.93 bits per heavy atom. The molecule has 2 aliphatic carbocycles. The van der Waals surface area contributed by atoms with Gasteiger partial charge in [-0.25, -0.2) is 0 Å². The Hall–Kier alpha value is -0.530. The Balaban J connectivity index is 1.76. The fourth-order valence-electron chi connectivity index (χ4n) is 2.73. The molecule has 14 heavy (non-hydrogen) atoms. The molecule has 2 fully saturated rings. The lowest BCUT2D eigenvalue weighted by atomic mass is 10.0. The zero-order valence-corrected chi connectivity index (χ0v) is 9.33. The van der Waals surface area contributed by atoms with Crippen molar-refractivity contribution in [2.24, 2.45) is 17.8 Å². The van der Waals surface area contributed by atoms with Crippen molar-refractivity contribution in [2.45, 2.75) is 39.0 Å². The predicted molar refractivity (Wildman–Crippen MR) is 56.9 cm³/mol. The van der Waals surface area contributed by atoms with Gasteiger partial charge in [-0.1, -0.05) is 13.3 Å². The first-order chi connectivity index (χ1) is 6.72. The Morgan fingerprint density at radius 3 is 2.50 bits per heavy atom. The summed E-state index contributed by atoms with van der Waals surface area (Å²) in [6.45, 7) is 3.12. The topological polar surface area (TPSA) is 20.3 Å². The molecular weight excluding hydrogens is 174 g/mol. The highest BCUT2D eigenvalue weighted by Gasteiger charge is 2.48. The molecule has 0 aromatic heterocycles. The van der Waals surface area contributed by atoms with Crippen LogP contribution < -0.4 is 0 Å². The number of amides is 1. The van der Waals surface area contributed by atoms with Crippen LogP contribution in [0.4, 0.5) is 0 Å². The predicted octanol–water partition coefficient (Wildman–Crippen LogP) is 2.29. The average molecular weight is 195 g/mol. The second kappa shape index (κ2) is 3.92. The number of unbranched alkanes of at least 4 members (excludes halogenated alkanes) is 1. The van der Waals surface area contributed by atoms with E-state index in [2.05, 4.69) is 6.92 Å². The highest BCUT2D eigenvalue weighted by molar-refractivity contribution is 5.79. The smallest absolute Gasteiger partial charge is 0.225 e. The molecule has 2 rings (SSSR count). The summed E-state index contributed by atoms with van der Waals surface area (Å²) in [4.78, 5) is 13.9. The molecule has 0 radical (unpaired) electrons. The van der Waals surface area contributed by atoms with E-state index in [0.717, 1.165) is 24.8 Å². The number of rotatable bonds is 4. The van der Waals surface area contributed by atoms with Crippen LogP contribution in [0.5, 0.6) is 0 Å². The van der Waals surface area contributed by atoms with Gasteiger partial charge in [0.2, 0.25) is 5.91 Å². The highest BCUT2D eigenvalue weighted by atomic mass is 16.2. The maximum Gasteiger partial charge on any atom is 0.225 e. The third kappa shape index (κ3) is 1.94. The van der Waals surface area contributed by atoms with E-state index in [9.17, 15) is 4.79 Å². The molecule has 2 aliphatic rings. The third-order valence-electron chi connectivity index (χ3n) is 3.82. The quantitative estimate of drug-likeness (QED) is 0.674. The molecule has 2 nitrogen and oxygen atoms in total. The van der Waals surface area contributed by atoms with Crippen LogP contribution in [0.3, 0.4) is 0 Å². The van der Waals surface area contributed by atoms with E-state index in [4.69, 9.17) is 0 Å². The molecule has 0 aromatic rings. The van der Waals surface area contributed by atoms with E-state index >= 15 is 0 Å². The van der Waals surface area contributed by atoms with E-state index in [1.807, 2.05) is 11.9 Å². The zero-order chi connectivity index (χ0) is 10.1. The fourth-order valence-corrected chi connectivity index (χ4v) is 2.73. The number of hydrogen-bond acceptors (Lipinski definition) is 1. The molecular formula is C12H21NO. The number of carbonyl (C=O) groups is 1. The summed E-state index contributed by atoms with van der Waals surface area (Å²) in [7, 11) is 1.96. The first kappa shape index (κ1) is 10.0. The van der Waals surface area contributed by atoms with E-state index in [0.29, 0.717) is 11.8 Å². The maximum absolute atomic E-state index is 11.9. The number of nitrogens with zero attached hydrogens (tertiary/aromatic N) is 1. The summed E-state index contributed by atoms with van der Waals surface area (Å²) in [5.41, 5.74) is 0. The van der Waals surface area contributed by atoms with E-state index in [-0.39, 0.29) is 0 Å². The number of hydrogen-bond donors (Lipinski definition) is 0. The van der Waals surface area contributed by atoms with Crippen molar-refractivity contribution in [3.63, 3.8) is 0 Å². The minimum Gasteiger partial charge on any atom is -0.346 e. The summed E-state index contributed by atoms with van der Waals surface area (Å²) in [5, 5.41) is 0. The van der Waals surface area contributed by atoms with E-state index < -0.39 is 0 Å². The van der Waals surface area contributed by atoms with Crippen LogP contribution in [-0.2, 0) is 4.79 Å². The summed E-state index contributed by atoms with van der Waals surface area (Å²) in [6, 6.07) is 0.